The van der Waals surface area contributed by atoms with Crippen LogP contribution in [0.5, 0.6) is 11.5 Å². The summed E-state index contributed by atoms with van der Waals surface area (Å²) < 4.78 is 11.0. The summed E-state index contributed by atoms with van der Waals surface area (Å²) in [4.78, 5) is 24.7. The third kappa shape index (κ3) is 5.20. The zero-order chi connectivity index (χ0) is 19.9. The number of amides is 1. The standard InChI is InChI=1S/C23H21NO4/c1-16-11-13-19(14-12-16)24-22(25)17(2)27-23(26)18-7-6-10-21(15-18)28-20-8-4-3-5-9-20/h3-15,17H,1-2H3,(H,24,25)/t17-/m1/s1. The van der Waals surface area contributed by atoms with Crippen LogP contribution in [0.2, 0.25) is 0 Å². The first-order valence-corrected chi connectivity index (χ1v) is 8.93. The Morgan fingerprint density at radius 3 is 2.25 bits per heavy atom. The van der Waals surface area contributed by atoms with E-state index in [2.05, 4.69) is 5.32 Å². The van der Waals surface area contributed by atoms with E-state index in [0.29, 0.717) is 22.7 Å². The number of carbonyl (C=O) groups is 2. The molecule has 0 aliphatic heterocycles. The van der Waals surface area contributed by atoms with Crippen LogP contribution in [0.1, 0.15) is 22.8 Å². The molecular formula is C23H21NO4. The molecule has 0 spiro atoms. The highest BCUT2D eigenvalue weighted by Crippen LogP contribution is 2.22. The summed E-state index contributed by atoms with van der Waals surface area (Å²) in [5.74, 6) is 0.190. The second kappa shape index (κ2) is 8.86. The minimum Gasteiger partial charge on any atom is -0.457 e. The van der Waals surface area contributed by atoms with Gasteiger partial charge in [0.25, 0.3) is 5.91 Å². The fraction of sp³-hybridized carbons (Fsp3) is 0.130. The minimum atomic E-state index is -0.937. The summed E-state index contributed by atoms with van der Waals surface area (Å²) in [5, 5.41) is 2.73. The number of ether oxygens (including phenoxy) is 2. The van der Waals surface area contributed by atoms with E-state index in [4.69, 9.17) is 9.47 Å². The quantitative estimate of drug-likeness (QED) is 0.618. The third-order valence-electron chi connectivity index (χ3n) is 4.02. The van der Waals surface area contributed by atoms with E-state index in [1.54, 1.807) is 36.4 Å². The molecule has 1 amide bonds. The van der Waals surface area contributed by atoms with Gasteiger partial charge < -0.3 is 14.8 Å². The summed E-state index contributed by atoms with van der Waals surface area (Å²) in [6.07, 6.45) is -0.937. The molecule has 0 aliphatic carbocycles. The molecule has 142 valence electrons. The van der Waals surface area contributed by atoms with Gasteiger partial charge >= 0.3 is 5.97 Å². The van der Waals surface area contributed by atoms with Gasteiger partial charge in [0, 0.05) is 5.69 Å². The maximum Gasteiger partial charge on any atom is 0.339 e. The van der Waals surface area contributed by atoms with Crippen LogP contribution in [0.3, 0.4) is 0 Å². The van der Waals surface area contributed by atoms with E-state index in [0.717, 1.165) is 5.56 Å². The summed E-state index contributed by atoms with van der Waals surface area (Å²) in [6, 6.07) is 23.3. The molecule has 0 saturated carbocycles. The predicted octanol–water partition coefficient (Wildman–Crippen LogP) is 4.97. The monoisotopic (exact) mass is 375 g/mol. The molecule has 0 saturated heterocycles. The number of hydrogen-bond donors (Lipinski definition) is 1. The summed E-state index contributed by atoms with van der Waals surface area (Å²) in [6.45, 7) is 3.50. The lowest BCUT2D eigenvalue weighted by Gasteiger charge is -2.14. The average Bonchev–Trinajstić information content (AvgIpc) is 2.70. The average molecular weight is 375 g/mol. The van der Waals surface area contributed by atoms with Crippen molar-refractivity contribution in [3.63, 3.8) is 0 Å². The van der Waals surface area contributed by atoms with E-state index in [1.165, 1.54) is 6.92 Å². The Kier molecular flexibility index (Phi) is 6.07. The Bertz CT molecular complexity index is 952. The van der Waals surface area contributed by atoms with Crippen LogP contribution in [0.4, 0.5) is 5.69 Å². The molecule has 1 N–H and O–H groups in total. The van der Waals surface area contributed by atoms with Crippen LogP contribution >= 0.6 is 0 Å². The van der Waals surface area contributed by atoms with Crippen LogP contribution in [0.15, 0.2) is 78.9 Å². The van der Waals surface area contributed by atoms with Crippen LogP contribution in [-0.2, 0) is 9.53 Å². The molecule has 0 radical (unpaired) electrons. The number of aryl methyl sites for hydroxylation is 1. The number of anilines is 1. The van der Waals surface area contributed by atoms with Gasteiger partial charge in [-0.05, 0) is 56.3 Å². The zero-order valence-corrected chi connectivity index (χ0v) is 15.7. The fourth-order valence-corrected chi connectivity index (χ4v) is 2.47. The van der Waals surface area contributed by atoms with Crippen LogP contribution in [-0.4, -0.2) is 18.0 Å². The van der Waals surface area contributed by atoms with Gasteiger partial charge in [0.15, 0.2) is 6.10 Å². The van der Waals surface area contributed by atoms with Crippen molar-refractivity contribution in [2.24, 2.45) is 0 Å². The molecule has 0 aliphatic rings. The Morgan fingerprint density at radius 1 is 0.857 bits per heavy atom. The first-order chi connectivity index (χ1) is 13.5. The van der Waals surface area contributed by atoms with Crippen LogP contribution in [0.25, 0.3) is 0 Å². The van der Waals surface area contributed by atoms with Gasteiger partial charge in [-0.3, -0.25) is 4.79 Å². The van der Waals surface area contributed by atoms with Gasteiger partial charge in [0.05, 0.1) is 5.56 Å². The summed E-state index contributed by atoms with van der Waals surface area (Å²) >= 11 is 0. The number of benzene rings is 3. The second-order valence-electron chi connectivity index (χ2n) is 6.35. The number of hydrogen-bond acceptors (Lipinski definition) is 4. The second-order valence-corrected chi connectivity index (χ2v) is 6.35. The molecule has 28 heavy (non-hydrogen) atoms. The maximum atomic E-state index is 12.4. The topological polar surface area (TPSA) is 64.6 Å². The Morgan fingerprint density at radius 2 is 1.54 bits per heavy atom. The van der Waals surface area contributed by atoms with Gasteiger partial charge in [0.2, 0.25) is 0 Å². The first-order valence-electron chi connectivity index (χ1n) is 8.93. The normalized spacial score (nSPS) is 11.4. The Labute approximate surface area is 163 Å². The lowest BCUT2D eigenvalue weighted by Crippen LogP contribution is -2.30. The summed E-state index contributed by atoms with van der Waals surface area (Å²) in [7, 11) is 0. The number of nitrogens with one attached hydrogen (secondary N) is 1. The van der Waals surface area contributed by atoms with Gasteiger partial charge in [0.1, 0.15) is 11.5 Å². The van der Waals surface area contributed by atoms with Crippen molar-refractivity contribution < 1.29 is 19.1 Å². The van der Waals surface area contributed by atoms with Gasteiger partial charge in [-0.25, -0.2) is 4.79 Å². The number of carbonyl (C=O) groups excluding carboxylic acids is 2. The Balaban J connectivity index is 1.61. The SMILES string of the molecule is Cc1ccc(NC(=O)[C@@H](C)OC(=O)c2cccc(Oc3ccccc3)c2)cc1. The number of para-hydroxylation sites is 1. The van der Waals surface area contributed by atoms with Crippen LogP contribution in [0, 0.1) is 6.92 Å². The highest BCUT2D eigenvalue weighted by atomic mass is 16.5. The molecule has 0 fully saturated rings. The van der Waals surface area contributed by atoms with E-state index in [9.17, 15) is 9.59 Å². The molecular weight excluding hydrogens is 354 g/mol. The van der Waals surface area contributed by atoms with Gasteiger partial charge in [-0.15, -0.1) is 0 Å². The van der Waals surface area contributed by atoms with Crippen molar-refractivity contribution in [3.05, 3.63) is 90.0 Å². The first kappa shape index (κ1) is 19.2. The zero-order valence-electron chi connectivity index (χ0n) is 15.7. The fourth-order valence-electron chi connectivity index (χ4n) is 2.47. The third-order valence-corrected chi connectivity index (χ3v) is 4.02. The van der Waals surface area contributed by atoms with Gasteiger partial charge in [-0.2, -0.15) is 0 Å². The lowest BCUT2D eigenvalue weighted by molar-refractivity contribution is -0.123. The highest BCUT2D eigenvalue weighted by molar-refractivity contribution is 5.97. The molecule has 0 bridgehead atoms. The molecule has 0 heterocycles. The molecule has 3 aromatic carbocycles. The van der Waals surface area contributed by atoms with Crippen molar-refractivity contribution in [1.29, 1.82) is 0 Å². The maximum absolute atomic E-state index is 12.4. The smallest absolute Gasteiger partial charge is 0.339 e. The van der Waals surface area contributed by atoms with E-state index in [1.807, 2.05) is 49.4 Å². The molecule has 0 aromatic heterocycles. The van der Waals surface area contributed by atoms with E-state index in [-0.39, 0.29) is 0 Å². The van der Waals surface area contributed by atoms with Crippen molar-refractivity contribution in [3.8, 4) is 11.5 Å². The molecule has 3 aromatic rings. The number of rotatable bonds is 6. The van der Waals surface area contributed by atoms with E-state index >= 15 is 0 Å². The number of esters is 1. The molecule has 5 heteroatoms. The van der Waals surface area contributed by atoms with E-state index < -0.39 is 18.0 Å². The lowest BCUT2D eigenvalue weighted by atomic mass is 10.2. The van der Waals surface area contributed by atoms with Crippen molar-refractivity contribution >= 4 is 17.6 Å². The van der Waals surface area contributed by atoms with Crippen molar-refractivity contribution in [1.82, 2.24) is 0 Å². The molecule has 1 atom stereocenters. The molecule has 3 rings (SSSR count). The Hall–Kier alpha value is -3.60. The largest absolute Gasteiger partial charge is 0.457 e. The minimum absolute atomic E-state index is 0.309. The molecule has 5 nitrogen and oxygen atoms in total. The molecule has 0 unspecified atom stereocenters. The predicted molar refractivity (Wildman–Crippen MR) is 108 cm³/mol. The van der Waals surface area contributed by atoms with Crippen molar-refractivity contribution in [2.45, 2.75) is 20.0 Å². The van der Waals surface area contributed by atoms with Gasteiger partial charge in [-0.1, -0.05) is 42.0 Å². The highest BCUT2D eigenvalue weighted by Gasteiger charge is 2.19. The van der Waals surface area contributed by atoms with Crippen molar-refractivity contribution in [2.75, 3.05) is 5.32 Å². The summed E-state index contributed by atoms with van der Waals surface area (Å²) in [5.41, 5.74) is 2.05. The van der Waals surface area contributed by atoms with Crippen LogP contribution < -0.4 is 10.1 Å².